The molecule has 8 heteroatoms. The van der Waals surface area contributed by atoms with E-state index in [2.05, 4.69) is 5.32 Å². The van der Waals surface area contributed by atoms with Gasteiger partial charge in [0.15, 0.2) is 0 Å². The number of nitrogens with zero attached hydrogens (tertiary/aromatic N) is 1. The summed E-state index contributed by atoms with van der Waals surface area (Å²) < 4.78 is 34.2. The molecule has 22 heavy (non-hydrogen) atoms. The number of anilines is 1. The standard InChI is InChI=1S/C14H17FN2O4S/c1-16-13(18)6-10-3-2-4-12(5-10)17-8-11(7-14(17)19)9-22(15,20)21/h2-5,11H,6-9H2,1H3,(H,16,18). The summed E-state index contributed by atoms with van der Waals surface area (Å²) in [6.07, 6.45) is 0.192. The third kappa shape index (κ3) is 4.27. The van der Waals surface area contributed by atoms with Crippen molar-refractivity contribution >= 4 is 27.7 Å². The van der Waals surface area contributed by atoms with Crippen LogP contribution in [0.5, 0.6) is 0 Å². The van der Waals surface area contributed by atoms with Crippen molar-refractivity contribution in [2.45, 2.75) is 12.8 Å². The molecular formula is C14H17FN2O4S. The van der Waals surface area contributed by atoms with E-state index in [9.17, 15) is 21.9 Å². The van der Waals surface area contributed by atoms with Gasteiger partial charge in [0.2, 0.25) is 11.8 Å². The number of hydrogen-bond acceptors (Lipinski definition) is 4. The van der Waals surface area contributed by atoms with Gasteiger partial charge in [0, 0.05) is 31.6 Å². The Morgan fingerprint density at radius 2 is 2.18 bits per heavy atom. The summed E-state index contributed by atoms with van der Waals surface area (Å²) in [5, 5.41) is 2.52. The van der Waals surface area contributed by atoms with E-state index in [0.29, 0.717) is 5.69 Å². The summed E-state index contributed by atoms with van der Waals surface area (Å²) >= 11 is 0. The Morgan fingerprint density at radius 3 is 2.82 bits per heavy atom. The highest BCUT2D eigenvalue weighted by Crippen LogP contribution is 2.27. The molecule has 1 aromatic carbocycles. The van der Waals surface area contributed by atoms with Crippen LogP contribution in [0.3, 0.4) is 0 Å². The van der Waals surface area contributed by atoms with E-state index in [4.69, 9.17) is 0 Å². The van der Waals surface area contributed by atoms with Crippen molar-refractivity contribution in [3.05, 3.63) is 29.8 Å². The monoisotopic (exact) mass is 328 g/mol. The number of amides is 2. The molecule has 6 nitrogen and oxygen atoms in total. The highest BCUT2D eigenvalue weighted by atomic mass is 32.3. The average Bonchev–Trinajstić information content (AvgIpc) is 2.77. The van der Waals surface area contributed by atoms with Crippen LogP contribution >= 0.6 is 0 Å². The first-order chi connectivity index (χ1) is 10.3. The Hall–Kier alpha value is -1.96. The second-order valence-corrected chi connectivity index (χ2v) is 6.71. The molecule has 0 radical (unpaired) electrons. The molecule has 1 N–H and O–H groups in total. The van der Waals surface area contributed by atoms with Gasteiger partial charge in [0.25, 0.3) is 0 Å². The first-order valence-corrected chi connectivity index (χ1v) is 8.36. The van der Waals surface area contributed by atoms with Crippen molar-refractivity contribution in [2.75, 3.05) is 24.2 Å². The summed E-state index contributed by atoms with van der Waals surface area (Å²) in [7, 11) is -3.06. The minimum atomic E-state index is -4.60. The summed E-state index contributed by atoms with van der Waals surface area (Å²) in [6, 6.07) is 6.90. The zero-order valence-corrected chi connectivity index (χ0v) is 12.9. The van der Waals surface area contributed by atoms with Gasteiger partial charge in [0.05, 0.1) is 12.2 Å². The lowest BCUT2D eigenvalue weighted by molar-refractivity contribution is -0.120. The number of carbonyl (C=O) groups is 2. The van der Waals surface area contributed by atoms with Gasteiger partial charge < -0.3 is 10.2 Å². The molecule has 1 saturated heterocycles. The molecule has 0 aliphatic carbocycles. The third-order valence-electron chi connectivity index (χ3n) is 3.51. The number of benzene rings is 1. The summed E-state index contributed by atoms with van der Waals surface area (Å²) in [4.78, 5) is 24.8. The SMILES string of the molecule is CNC(=O)Cc1cccc(N2CC(CS(=O)(=O)F)CC2=O)c1. The van der Waals surface area contributed by atoms with E-state index in [0.717, 1.165) is 5.56 Å². The van der Waals surface area contributed by atoms with E-state index in [-0.39, 0.29) is 31.2 Å². The summed E-state index contributed by atoms with van der Waals surface area (Å²) in [5.74, 6) is -1.59. The molecule has 1 aromatic rings. The number of halogens is 1. The highest BCUT2D eigenvalue weighted by Gasteiger charge is 2.33. The lowest BCUT2D eigenvalue weighted by Crippen LogP contribution is -2.25. The van der Waals surface area contributed by atoms with Crippen LogP contribution in [0.25, 0.3) is 0 Å². The molecule has 1 atom stereocenters. The van der Waals surface area contributed by atoms with E-state index >= 15 is 0 Å². The number of hydrogen-bond donors (Lipinski definition) is 1. The fraction of sp³-hybridized carbons (Fsp3) is 0.429. The third-order valence-corrected chi connectivity index (χ3v) is 4.38. The Bertz CT molecular complexity index is 690. The van der Waals surface area contributed by atoms with Gasteiger partial charge >= 0.3 is 10.2 Å². The molecule has 0 bridgehead atoms. The zero-order valence-electron chi connectivity index (χ0n) is 12.1. The fourth-order valence-electron chi connectivity index (χ4n) is 2.53. The minimum Gasteiger partial charge on any atom is -0.359 e. The molecule has 0 aromatic heterocycles. The smallest absolute Gasteiger partial charge is 0.302 e. The van der Waals surface area contributed by atoms with E-state index in [1.807, 2.05) is 0 Å². The maximum Gasteiger partial charge on any atom is 0.302 e. The van der Waals surface area contributed by atoms with Gasteiger partial charge in [-0.3, -0.25) is 9.59 Å². The van der Waals surface area contributed by atoms with Crippen LogP contribution in [0.1, 0.15) is 12.0 Å². The Balaban J connectivity index is 2.13. The molecule has 1 aliphatic rings. The molecule has 1 fully saturated rings. The minimum absolute atomic E-state index is 0.00280. The van der Waals surface area contributed by atoms with Crippen molar-refractivity contribution in [3.63, 3.8) is 0 Å². The van der Waals surface area contributed by atoms with Crippen LogP contribution < -0.4 is 10.2 Å². The molecule has 2 rings (SSSR count). The lowest BCUT2D eigenvalue weighted by atomic mass is 10.1. The van der Waals surface area contributed by atoms with Gasteiger partial charge in [-0.2, -0.15) is 8.42 Å². The van der Waals surface area contributed by atoms with Crippen molar-refractivity contribution in [1.82, 2.24) is 5.32 Å². The number of rotatable bonds is 5. The van der Waals surface area contributed by atoms with Crippen molar-refractivity contribution in [2.24, 2.45) is 5.92 Å². The largest absolute Gasteiger partial charge is 0.359 e. The molecule has 1 unspecified atom stereocenters. The topological polar surface area (TPSA) is 83.6 Å². The number of likely N-dealkylation sites (N-methyl/N-ethyl adjacent to an activating group) is 1. The van der Waals surface area contributed by atoms with Crippen molar-refractivity contribution in [1.29, 1.82) is 0 Å². The van der Waals surface area contributed by atoms with Gasteiger partial charge in [-0.25, -0.2) is 0 Å². The van der Waals surface area contributed by atoms with Crippen molar-refractivity contribution in [3.8, 4) is 0 Å². The van der Waals surface area contributed by atoms with Crippen LogP contribution in [0.15, 0.2) is 24.3 Å². The van der Waals surface area contributed by atoms with Gasteiger partial charge in [0.1, 0.15) is 0 Å². The maximum atomic E-state index is 12.7. The molecule has 1 aliphatic heterocycles. The summed E-state index contributed by atoms with van der Waals surface area (Å²) in [5.41, 5.74) is 1.33. The fourth-order valence-corrected chi connectivity index (χ4v) is 3.32. The second-order valence-electron chi connectivity index (χ2n) is 5.30. The maximum absolute atomic E-state index is 12.7. The van der Waals surface area contributed by atoms with E-state index in [1.165, 1.54) is 11.9 Å². The van der Waals surface area contributed by atoms with Crippen LogP contribution in [0.2, 0.25) is 0 Å². The van der Waals surface area contributed by atoms with E-state index < -0.39 is 21.9 Å². The summed E-state index contributed by atoms with van der Waals surface area (Å²) in [6.45, 7) is 0.158. The van der Waals surface area contributed by atoms with Crippen LogP contribution in [-0.4, -0.2) is 39.6 Å². The zero-order chi connectivity index (χ0) is 16.3. The van der Waals surface area contributed by atoms with Gasteiger partial charge in [-0.1, -0.05) is 12.1 Å². The van der Waals surface area contributed by atoms with E-state index in [1.54, 1.807) is 24.3 Å². The lowest BCUT2D eigenvalue weighted by Gasteiger charge is -2.17. The van der Waals surface area contributed by atoms with Crippen LogP contribution in [-0.2, 0) is 26.2 Å². The van der Waals surface area contributed by atoms with Crippen LogP contribution in [0.4, 0.5) is 9.57 Å². The number of nitrogens with one attached hydrogen (secondary N) is 1. The Morgan fingerprint density at radius 1 is 1.45 bits per heavy atom. The number of carbonyl (C=O) groups excluding carboxylic acids is 2. The highest BCUT2D eigenvalue weighted by molar-refractivity contribution is 7.86. The molecule has 1 heterocycles. The molecule has 120 valence electrons. The molecule has 2 amide bonds. The van der Waals surface area contributed by atoms with Crippen molar-refractivity contribution < 1.29 is 21.9 Å². The normalized spacial score (nSPS) is 18.5. The second kappa shape index (κ2) is 6.43. The van der Waals surface area contributed by atoms with Crippen LogP contribution in [0, 0.1) is 5.92 Å². The predicted molar refractivity (Wildman–Crippen MR) is 79.6 cm³/mol. The Labute approximate surface area is 128 Å². The molecular weight excluding hydrogens is 311 g/mol. The molecule has 0 saturated carbocycles. The Kier molecular flexibility index (Phi) is 4.80. The first-order valence-electron chi connectivity index (χ1n) is 6.80. The average molecular weight is 328 g/mol. The predicted octanol–water partition coefficient (Wildman–Crippen LogP) is 0.627. The first kappa shape index (κ1) is 16.4. The molecule has 0 spiro atoms. The van der Waals surface area contributed by atoms with Gasteiger partial charge in [-0.15, -0.1) is 3.89 Å². The van der Waals surface area contributed by atoms with Gasteiger partial charge in [-0.05, 0) is 17.7 Å². The quantitative estimate of drug-likeness (QED) is 0.804.